The van der Waals surface area contributed by atoms with Crippen molar-refractivity contribution in [1.29, 1.82) is 0 Å². The molecule has 0 aliphatic heterocycles. The van der Waals surface area contributed by atoms with E-state index in [9.17, 15) is 14.7 Å². The Morgan fingerprint density at radius 1 is 1.10 bits per heavy atom. The molecule has 0 saturated heterocycles. The molecule has 0 radical (unpaired) electrons. The van der Waals surface area contributed by atoms with Crippen molar-refractivity contribution in [2.24, 2.45) is 5.92 Å². The van der Waals surface area contributed by atoms with E-state index in [-0.39, 0.29) is 12.1 Å². The molecule has 0 aromatic heterocycles. The second kappa shape index (κ2) is 7.50. The zero-order chi connectivity index (χ0) is 15.2. The highest BCUT2D eigenvalue weighted by Gasteiger charge is 2.36. The highest BCUT2D eigenvalue weighted by atomic mass is 16.4. The maximum absolute atomic E-state index is 12.0. The summed E-state index contributed by atoms with van der Waals surface area (Å²) in [7, 11) is 0. The van der Waals surface area contributed by atoms with Crippen LogP contribution in [-0.4, -0.2) is 28.7 Å². The van der Waals surface area contributed by atoms with Crippen LogP contribution < -0.4 is 10.6 Å². The highest BCUT2D eigenvalue weighted by molar-refractivity contribution is 5.86. The van der Waals surface area contributed by atoms with Gasteiger partial charge < -0.3 is 15.7 Å². The maximum Gasteiger partial charge on any atom is 0.329 e. The van der Waals surface area contributed by atoms with E-state index in [1.807, 2.05) is 0 Å². The Labute approximate surface area is 121 Å². The lowest BCUT2D eigenvalue weighted by molar-refractivity contribution is -0.144. The Kier molecular flexibility index (Phi) is 6.30. The summed E-state index contributed by atoms with van der Waals surface area (Å²) in [6.07, 6.45) is 6.24. The molecule has 0 aromatic carbocycles. The largest absolute Gasteiger partial charge is 0.480 e. The first-order valence-electron chi connectivity index (χ1n) is 7.79. The van der Waals surface area contributed by atoms with Gasteiger partial charge in [0.25, 0.3) is 0 Å². The summed E-state index contributed by atoms with van der Waals surface area (Å²) >= 11 is 0. The fourth-order valence-electron chi connectivity index (χ4n) is 2.94. The number of nitrogens with one attached hydrogen (secondary N) is 2. The van der Waals surface area contributed by atoms with Crippen LogP contribution in [0.2, 0.25) is 0 Å². The summed E-state index contributed by atoms with van der Waals surface area (Å²) in [5.41, 5.74) is -1.15. The molecule has 5 nitrogen and oxygen atoms in total. The number of carboxylic acid groups (broad SMARTS) is 1. The number of hydrogen-bond donors (Lipinski definition) is 3. The van der Waals surface area contributed by atoms with Crippen LogP contribution in [0.3, 0.4) is 0 Å². The van der Waals surface area contributed by atoms with E-state index in [0.29, 0.717) is 12.8 Å². The normalized spacial score (nSPS) is 23.1. The lowest BCUT2D eigenvalue weighted by atomic mass is 9.84. The van der Waals surface area contributed by atoms with Gasteiger partial charge in [-0.15, -0.1) is 0 Å². The summed E-state index contributed by atoms with van der Waals surface area (Å²) in [5.74, 6) is -0.187. The Hall–Kier alpha value is -1.26. The van der Waals surface area contributed by atoms with Gasteiger partial charge >= 0.3 is 12.0 Å². The van der Waals surface area contributed by atoms with Crippen molar-refractivity contribution in [3.63, 3.8) is 0 Å². The van der Waals surface area contributed by atoms with Crippen LogP contribution in [-0.2, 0) is 4.79 Å². The fourth-order valence-corrected chi connectivity index (χ4v) is 2.94. The molecule has 0 atom stereocenters. The third-order valence-corrected chi connectivity index (χ3v) is 4.73. The van der Waals surface area contributed by atoms with Gasteiger partial charge in [0, 0.05) is 6.04 Å². The van der Waals surface area contributed by atoms with Gasteiger partial charge in [-0.2, -0.15) is 0 Å². The van der Waals surface area contributed by atoms with Crippen molar-refractivity contribution < 1.29 is 14.7 Å². The average Bonchev–Trinajstić information content (AvgIpc) is 2.45. The fraction of sp³-hybridized carbons (Fsp3) is 0.867. The van der Waals surface area contributed by atoms with Crippen molar-refractivity contribution in [2.45, 2.75) is 77.3 Å². The van der Waals surface area contributed by atoms with Gasteiger partial charge in [-0.3, -0.25) is 0 Å². The molecule has 0 heterocycles. The Balaban J connectivity index is 2.49. The first-order chi connectivity index (χ1) is 9.47. The Morgan fingerprint density at radius 2 is 1.65 bits per heavy atom. The standard InChI is InChI=1S/C15H28N2O3/c1-4-11-7-9-12(10-8-11)16-14(20)17-15(5-2,6-3)13(18)19/h11-12H,4-10H2,1-3H3,(H,18,19)(H2,16,17,20). The molecule has 1 saturated carbocycles. The predicted molar refractivity (Wildman–Crippen MR) is 78.7 cm³/mol. The van der Waals surface area contributed by atoms with E-state index in [4.69, 9.17) is 0 Å². The zero-order valence-electron chi connectivity index (χ0n) is 12.9. The molecule has 2 amide bonds. The van der Waals surface area contributed by atoms with Gasteiger partial charge in [0.1, 0.15) is 5.54 Å². The number of hydrogen-bond acceptors (Lipinski definition) is 2. The minimum atomic E-state index is -1.15. The molecule has 1 aliphatic rings. The molecular formula is C15H28N2O3. The van der Waals surface area contributed by atoms with Crippen LogP contribution in [0.5, 0.6) is 0 Å². The summed E-state index contributed by atoms with van der Waals surface area (Å²) in [6, 6.07) is -0.172. The van der Waals surface area contributed by atoms with Gasteiger partial charge in [-0.05, 0) is 44.4 Å². The van der Waals surface area contributed by atoms with Crippen LogP contribution in [0.1, 0.15) is 65.7 Å². The molecular weight excluding hydrogens is 256 g/mol. The lowest BCUT2D eigenvalue weighted by Gasteiger charge is -2.32. The highest BCUT2D eigenvalue weighted by Crippen LogP contribution is 2.26. The number of carbonyl (C=O) groups is 2. The molecule has 116 valence electrons. The minimum Gasteiger partial charge on any atom is -0.480 e. The molecule has 5 heteroatoms. The van der Waals surface area contributed by atoms with Gasteiger partial charge in [0.15, 0.2) is 0 Å². The summed E-state index contributed by atoms with van der Waals surface area (Å²) in [6.45, 7) is 5.77. The first kappa shape index (κ1) is 16.8. The molecule has 1 aliphatic carbocycles. The van der Waals surface area contributed by atoms with Gasteiger partial charge in [-0.1, -0.05) is 27.2 Å². The molecule has 1 rings (SSSR count). The molecule has 0 unspecified atom stereocenters. The summed E-state index contributed by atoms with van der Waals surface area (Å²) in [5, 5.41) is 14.9. The van der Waals surface area contributed by atoms with Crippen molar-refractivity contribution in [3.05, 3.63) is 0 Å². The SMILES string of the molecule is CCC1CCC(NC(=O)NC(CC)(CC)C(=O)O)CC1. The van der Waals surface area contributed by atoms with Gasteiger partial charge in [0.05, 0.1) is 0 Å². The lowest BCUT2D eigenvalue weighted by Crippen LogP contribution is -2.58. The predicted octanol–water partition coefficient (Wildman–Crippen LogP) is 2.90. The van der Waals surface area contributed by atoms with E-state index in [2.05, 4.69) is 17.6 Å². The van der Waals surface area contributed by atoms with Gasteiger partial charge in [-0.25, -0.2) is 9.59 Å². The first-order valence-corrected chi connectivity index (χ1v) is 7.79. The number of rotatable bonds is 6. The van der Waals surface area contributed by atoms with Crippen LogP contribution in [0.25, 0.3) is 0 Å². The van der Waals surface area contributed by atoms with Crippen molar-refractivity contribution in [1.82, 2.24) is 10.6 Å². The van der Waals surface area contributed by atoms with E-state index in [1.54, 1.807) is 13.8 Å². The van der Waals surface area contributed by atoms with E-state index in [0.717, 1.165) is 31.6 Å². The third kappa shape index (κ3) is 4.12. The van der Waals surface area contributed by atoms with Crippen molar-refractivity contribution in [3.8, 4) is 0 Å². The third-order valence-electron chi connectivity index (χ3n) is 4.73. The van der Waals surface area contributed by atoms with Crippen molar-refractivity contribution >= 4 is 12.0 Å². The smallest absolute Gasteiger partial charge is 0.329 e. The minimum absolute atomic E-state index is 0.179. The van der Waals surface area contributed by atoms with E-state index < -0.39 is 11.5 Å². The van der Waals surface area contributed by atoms with Crippen LogP contribution in [0.4, 0.5) is 4.79 Å². The number of carboxylic acids is 1. The Morgan fingerprint density at radius 3 is 2.05 bits per heavy atom. The Bertz CT molecular complexity index is 332. The van der Waals surface area contributed by atoms with E-state index in [1.165, 1.54) is 6.42 Å². The monoisotopic (exact) mass is 284 g/mol. The summed E-state index contributed by atoms with van der Waals surface area (Å²) in [4.78, 5) is 23.4. The average molecular weight is 284 g/mol. The van der Waals surface area contributed by atoms with Gasteiger partial charge in [0.2, 0.25) is 0 Å². The summed E-state index contributed by atoms with van der Waals surface area (Å²) < 4.78 is 0. The molecule has 1 fully saturated rings. The molecule has 3 N–H and O–H groups in total. The van der Waals surface area contributed by atoms with Crippen molar-refractivity contribution in [2.75, 3.05) is 0 Å². The van der Waals surface area contributed by atoms with E-state index >= 15 is 0 Å². The van der Waals surface area contributed by atoms with Crippen LogP contribution in [0.15, 0.2) is 0 Å². The molecule has 0 bridgehead atoms. The second-order valence-corrected chi connectivity index (χ2v) is 5.82. The molecule has 0 aromatic rings. The number of amides is 2. The number of aliphatic carboxylic acids is 1. The number of carbonyl (C=O) groups excluding carboxylic acids is 1. The quantitative estimate of drug-likeness (QED) is 0.701. The molecule has 0 spiro atoms. The molecule has 20 heavy (non-hydrogen) atoms. The van der Waals surface area contributed by atoms with Crippen LogP contribution >= 0.6 is 0 Å². The number of urea groups is 1. The second-order valence-electron chi connectivity index (χ2n) is 5.82. The van der Waals surface area contributed by atoms with Crippen LogP contribution in [0, 0.1) is 5.92 Å². The maximum atomic E-state index is 12.0. The topological polar surface area (TPSA) is 78.4 Å². The zero-order valence-corrected chi connectivity index (χ0v) is 12.9.